The minimum Gasteiger partial charge on any atom is -0.389 e. The Morgan fingerprint density at radius 3 is 2.56 bits per heavy atom. The predicted octanol–water partition coefficient (Wildman–Crippen LogP) is 1.29. The lowest BCUT2D eigenvalue weighted by atomic mass is 9.79. The molecule has 1 saturated carbocycles. The molecule has 1 aliphatic rings. The molecular weight excluding hydrogens is 228 g/mol. The number of rotatable bonds is 6. The van der Waals surface area contributed by atoms with Crippen molar-refractivity contribution in [3.05, 3.63) is 0 Å². The molecule has 0 aromatic carbocycles. The Morgan fingerprint density at radius 1 is 1.39 bits per heavy atom. The van der Waals surface area contributed by atoms with E-state index in [2.05, 4.69) is 31.4 Å². The second-order valence-corrected chi connectivity index (χ2v) is 6.21. The predicted molar refractivity (Wildman–Crippen MR) is 73.3 cm³/mol. The molecule has 0 aromatic rings. The Morgan fingerprint density at radius 2 is 2.00 bits per heavy atom. The van der Waals surface area contributed by atoms with Crippen molar-refractivity contribution in [1.82, 2.24) is 10.6 Å². The van der Waals surface area contributed by atoms with Crippen LogP contribution in [0.15, 0.2) is 0 Å². The van der Waals surface area contributed by atoms with Gasteiger partial charge in [0.2, 0.25) is 5.91 Å². The van der Waals surface area contributed by atoms with E-state index in [1.807, 2.05) is 0 Å². The molecule has 0 atom stereocenters. The van der Waals surface area contributed by atoms with Crippen LogP contribution < -0.4 is 10.6 Å². The average molecular weight is 256 g/mol. The van der Waals surface area contributed by atoms with Gasteiger partial charge >= 0.3 is 0 Å². The second-order valence-electron chi connectivity index (χ2n) is 6.21. The van der Waals surface area contributed by atoms with Crippen molar-refractivity contribution in [3.63, 3.8) is 0 Å². The van der Waals surface area contributed by atoms with Gasteiger partial charge in [-0.3, -0.25) is 4.79 Å². The minimum absolute atomic E-state index is 0.0106. The van der Waals surface area contributed by atoms with Crippen molar-refractivity contribution >= 4 is 5.91 Å². The molecule has 0 saturated heterocycles. The maximum absolute atomic E-state index is 11.5. The molecule has 4 nitrogen and oxygen atoms in total. The normalized spacial score (nSPS) is 28.4. The number of hydrogen-bond donors (Lipinski definition) is 3. The van der Waals surface area contributed by atoms with Crippen LogP contribution in [-0.4, -0.2) is 36.2 Å². The summed E-state index contributed by atoms with van der Waals surface area (Å²) in [6.45, 7) is 7.90. The Labute approximate surface area is 111 Å². The van der Waals surface area contributed by atoms with Gasteiger partial charge in [-0.05, 0) is 37.5 Å². The summed E-state index contributed by atoms with van der Waals surface area (Å²) in [5, 5.41) is 16.3. The fourth-order valence-electron chi connectivity index (χ4n) is 2.27. The zero-order chi connectivity index (χ0) is 13.6. The molecule has 0 spiro atoms. The van der Waals surface area contributed by atoms with Gasteiger partial charge < -0.3 is 15.7 Å². The molecule has 0 radical (unpaired) electrons. The number of hydrogen-bond acceptors (Lipinski definition) is 3. The van der Waals surface area contributed by atoms with Gasteiger partial charge in [0.1, 0.15) is 0 Å². The summed E-state index contributed by atoms with van der Waals surface area (Å²) in [5.41, 5.74) is -0.606. The Balaban J connectivity index is 2.15. The van der Waals surface area contributed by atoms with Crippen LogP contribution in [0.5, 0.6) is 0 Å². The van der Waals surface area contributed by atoms with Crippen molar-refractivity contribution in [2.24, 2.45) is 11.8 Å². The molecule has 4 heteroatoms. The van der Waals surface area contributed by atoms with Crippen LogP contribution in [0.4, 0.5) is 0 Å². The largest absolute Gasteiger partial charge is 0.389 e. The smallest absolute Gasteiger partial charge is 0.233 e. The molecule has 0 aromatic heterocycles. The summed E-state index contributed by atoms with van der Waals surface area (Å²) in [6, 6.07) is 0. The van der Waals surface area contributed by atoms with Crippen molar-refractivity contribution in [3.8, 4) is 0 Å². The van der Waals surface area contributed by atoms with Crippen molar-refractivity contribution in [2.75, 3.05) is 19.6 Å². The molecular formula is C14H28N2O2. The highest BCUT2D eigenvalue weighted by atomic mass is 16.3. The van der Waals surface area contributed by atoms with Gasteiger partial charge in [-0.1, -0.05) is 20.8 Å². The fraction of sp³-hybridized carbons (Fsp3) is 0.929. The van der Waals surface area contributed by atoms with E-state index >= 15 is 0 Å². The highest BCUT2D eigenvalue weighted by molar-refractivity contribution is 5.77. The Bertz CT molecular complexity index is 259. The molecule has 1 rings (SSSR count). The summed E-state index contributed by atoms with van der Waals surface area (Å²) in [4.78, 5) is 11.5. The molecule has 1 amide bonds. The van der Waals surface area contributed by atoms with Gasteiger partial charge in [0.25, 0.3) is 0 Å². The molecule has 1 aliphatic carbocycles. The lowest BCUT2D eigenvalue weighted by Crippen LogP contribution is -2.46. The number of amides is 1. The molecule has 0 aliphatic heterocycles. The SMILES string of the molecule is CC(C)CNC(=O)CNCC1(O)CCC(C)CC1. The van der Waals surface area contributed by atoms with Crippen LogP contribution in [0.2, 0.25) is 0 Å². The van der Waals surface area contributed by atoms with Crippen molar-refractivity contribution in [2.45, 2.75) is 52.1 Å². The van der Waals surface area contributed by atoms with Crippen LogP contribution in [-0.2, 0) is 4.79 Å². The molecule has 106 valence electrons. The lowest BCUT2D eigenvalue weighted by molar-refractivity contribution is -0.120. The first kappa shape index (κ1) is 15.4. The molecule has 3 N–H and O–H groups in total. The summed E-state index contributed by atoms with van der Waals surface area (Å²) < 4.78 is 0. The highest BCUT2D eigenvalue weighted by Crippen LogP contribution is 2.31. The zero-order valence-corrected chi connectivity index (χ0v) is 12.0. The average Bonchev–Trinajstić information content (AvgIpc) is 2.31. The highest BCUT2D eigenvalue weighted by Gasteiger charge is 2.31. The van der Waals surface area contributed by atoms with Gasteiger partial charge in [0.05, 0.1) is 12.1 Å². The topological polar surface area (TPSA) is 61.4 Å². The van der Waals surface area contributed by atoms with Gasteiger partial charge in [0, 0.05) is 13.1 Å². The van der Waals surface area contributed by atoms with E-state index in [-0.39, 0.29) is 5.91 Å². The third kappa shape index (κ3) is 5.83. The van der Waals surface area contributed by atoms with Crippen LogP contribution in [0.3, 0.4) is 0 Å². The zero-order valence-electron chi connectivity index (χ0n) is 12.0. The van der Waals surface area contributed by atoms with E-state index in [0.29, 0.717) is 25.6 Å². The van der Waals surface area contributed by atoms with Gasteiger partial charge in [0.15, 0.2) is 0 Å². The third-order valence-corrected chi connectivity index (χ3v) is 3.65. The molecule has 0 bridgehead atoms. The third-order valence-electron chi connectivity index (χ3n) is 3.65. The van der Waals surface area contributed by atoms with Crippen LogP contribution in [0, 0.1) is 11.8 Å². The first-order chi connectivity index (χ1) is 8.41. The monoisotopic (exact) mass is 256 g/mol. The number of carbonyl (C=O) groups excluding carboxylic acids is 1. The van der Waals surface area contributed by atoms with E-state index in [0.717, 1.165) is 31.6 Å². The van der Waals surface area contributed by atoms with Gasteiger partial charge in [-0.15, -0.1) is 0 Å². The van der Waals surface area contributed by atoms with Gasteiger partial charge in [-0.25, -0.2) is 0 Å². The van der Waals surface area contributed by atoms with Crippen molar-refractivity contribution in [1.29, 1.82) is 0 Å². The number of nitrogens with one attached hydrogen (secondary N) is 2. The summed E-state index contributed by atoms with van der Waals surface area (Å²) in [5.74, 6) is 1.20. The Kier molecular flexibility index (Phi) is 6.09. The first-order valence-electron chi connectivity index (χ1n) is 7.11. The Hall–Kier alpha value is -0.610. The number of carbonyl (C=O) groups is 1. The van der Waals surface area contributed by atoms with E-state index < -0.39 is 5.60 Å². The summed E-state index contributed by atoms with van der Waals surface area (Å²) in [6.07, 6.45) is 3.85. The molecule has 0 heterocycles. The molecule has 1 fully saturated rings. The fourth-order valence-corrected chi connectivity index (χ4v) is 2.27. The van der Waals surface area contributed by atoms with E-state index in [4.69, 9.17) is 0 Å². The van der Waals surface area contributed by atoms with Crippen molar-refractivity contribution < 1.29 is 9.90 Å². The van der Waals surface area contributed by atoms with E-state index in [9.17, 15) is 9.90 Å². The lowest BCUT2D eigenvalue weighted by Gasteiger charge is -2.35. The maximum Gasteiger partial charge on any atom is 0.233 e. The van der Waals surface area contributed by atoms with Crippen LogP contribution in [0.1, 0.15) is 46.5 Å². The van der Waals surface area contributed by atoms with Gasteiger partial charge in [-0.2, -0.15) is 0 Å². The summed E-state index contributed by atoms with van der Waals surface area (Å²) >= 11 is 0. The first-order valence-corrected chi connectivity index (χ1v) is 7.11. The summed E-state index contributed by atoms with van der Waals surface area (Å²) in [7, 11) is 0. The molecule has 18 heavy (non-hydrogen) atoms. The minimum atomic E-state index is -0.606. The standard InChI is InChI=1S/C14H28N2O2/c1-11(2)8-16-13(17)9-15-10-14(18)6-4-12(3)5-7-14/h11-12,15,18H,4-10H2,1-3H3,(H,16,17). The molecule has 0 unspecified atom stereocenters. The van der Waals surface area contributed by atoms with E-state index in [1.165, 1.54) is 0 Å². The number of aliphatic hydroxyl groups is 1. The quantitative estimate of drug-likeness (QED) is 0.671. The van der Waals surface area contributed by atoms with E-state index in [1.54, 1.807) is 0 Å². The van der Waals surface area contributed by atoms with Crippen LogP contribution >= 0.6 is 0 Å². The maximum atomic E-state index is 11.5. The van der Waals surface area contributed by atoms with Crippen LogP contribution in [0.25, 0.3) is 0 Å². The second kappa shape index (κ2) is 7.10.